The average molecular weight is 378 g/mol. The number of carbonyl (C=O) groups is 1. The number of thiophene rings is 1. The molecule has 0 aromatic carbocycles. The van der Waals surface area contributed by atoms with Crippen LogP contribution >= 0.6 is 36.2 Å². The third kappa shape index (κ3) is 4.94. The van der Waals surface area contributed by atoms with Crippen molar-refractivity contribution >= 4 is 42.1 Å². The Morgan fingerprint density at radius 3 is 2.83 bits per heavy atom. The molecule has 2 heterocycles. The summed E-state index contributed by atoms with van der Waals surface area (Å²) in [5, 5.41) is 4.98. The first-order valence-corrected chi connectivity index (χ1v) is 8.05. The van der Waals surface area contributed by atoms with Crippen LogP contribution in [0.25, 0.3) is 10.8 Å². The molecule has 1 aliphatic carbocycles. The topological polar surface area (TPSA) is 81.2 Å². The van der Waals surface area contributed by atoms with Crippen molar-refractivity contribution in [3.8, 4) is 10.8 Å². The number of aryl methyl sites for hydroxylation is 1. The number of nitrogens with zero attached hydrogens (tertiary/aromatic N) is 1. The maximum Gasteiger partial charge on any atom is 0.236 e. The van der Waals surface area contributed by atoms with Gasteiger partial charge in [-0.2, -0.15) is 0 Å². The quantitative estimate of drug-likeness (QED) is 0.810. The zero-order valence-corrected chi connectivity index (χ0v) is 15.2. The molecule has 1 unspecified atom stereocenters. The maximum atomic E-state index is 12.1. The van der Waals surface area contributed by atoms with Crippen LogP contribution in [0.2, 0.25) is 0 Å². The van der Waals surface area contributed by atoms with Crippen LogP contribution in [0.5, 0.6) is 0 Å². The number of carbonyl (C=O) groups excluding carboxylic acids is 1. The summed E-state index contributed by atoms with van der Waals surface area (Å²) in [7, 11) is 0. The lowest BCUT2D eigenvalue weighted by molar-refractivity contribution is -0.121. The van der Waals surface area contributed by atoms with Crippen molar-refractivity contribution in [1.82, 2.24) is 10.3 Å². The van der Waals surface area contributed by atoms with Gasteiger partial charge in [-0.3, -0.25) is 4.79 Å². The first-order chi connectivity index (χ1) is 10.2. The van der Waals surface area contributed by atoms with E-state index < -0.39 is 0 Å². The van der Waals surface area contributed by atoms with Gasteiger partial charge in [0.15, 0.2) is 0 Å². The van der Waals surface area contributed by atoms with Crippen molar-refractivity contribution in [2.75, 3.05) is 6.54 Å². The Labute approximate surface area is 151 Å². The minimum atomic E-state index is -0.0357. The molecule has 0 aliphatic heterocycles. The number of nitrogens with two attached hydrogens (primary N) is 1. The number of oxazole rings is 1. The second-order valence-electron chi connectivity index (χ2n) is 5.42. The van der Waals surface area contributed by atoms with E-state index in [0.717, 1.165) is 17.7 Å². The van der Waals surface area contributed by atoms with Gasteiger partial charge in [0.25, 0.3) is 0 Å². The van der Waals surface area contributed by atoms with E-state index in [4.69, 9.17) is 10.2 Å². The Bertz CT molecular complexity index is 627. The number of aromatic nitrogens is 1. The summed E-state index contributed by atoms with van der Waals surface area (Å²) in [4.78, 5) is 17.5. The highest BCUT2D eigenvalue weighted by atomic mass is 35.5. The first-order valence-electron chi connectivity index (χ1n) is 7.17. The van der Waals surface area contributed by atoms with E-state index in [1.54, 1.807) is 11.3 Å². The molecule has 3 rings (SSSR count). The summed E-state index contributed by atoms with van der Waals surface area (Å²) in [6, 6.07) is 4.01. The second kappa shape index (κ2) is 8.68. The fourth-order valence-electron chi connectivity index (χ4n) is 2.38. The Kier molecular flexibility index (Phi) is 7.54. The lowest BCUT2D eigenvalue weighted by Gasteiger charge is -2.15. The SMILES string of the molecule is Cc1oc(-c2cccs2)nc1CC(=O)NC(CN)C1CC1.Cl.Cl. The molecular weight excluding hydrogens is 357 g/mol. The molecule has 0 spiro atoms. The normalized spacial score (nSPS) is 14.5. The van der Waals surface area contributed by atoms with Crippen LogP contribution in [-0.4, -0.2) is 23.5 Å². The van der Waals surface area contributed by atoms with Gasteiger partial charge in [0.1, 0.15) is 5.76 Å². The molecule has 2 aromatic heterocycles. The molecule has 128 valence electrons. The number of halogens is 2. The van der Waals surface area contributed by atoms with Gasteiger partial charge in [-0.25, -0.2) is 4.98 Å². The first kappa shape index (κ1) is 20.0. The zero-order chi connectivity index (χ0) is 14.8. The Morgan fingerprint density at radius 2 is 2.26 bits per heavy atom. The predicted octanol–water partition coefficient (Wildman–Crippen LogP) is 2.95. The van der Waals surface area contributed by atoms with Crippen molar-refractivity contribution in [3.05, 3.63) is 29.0 Å². The van der Waals surface area contributed by atoms with Crippen molar-refractivity contribution in [2.24, 2.45) is 11.7 Å². The predicted molar refractivity (Wildman–Crippen MR) is 96.5 cm³/mol. The van der Waals surface area contributed by atoms with Crippen molar-refractivity contribution in [1.29, 1.82) is 0 Å². The Hall–Kier alpha value is -1.08. The molecule has 0 bridgehead atoms. The third-order valence-corrected chi connectivity index (χ3v) is 4.60. The summed E-state index contributed by atoms with van der Waals surface area (Å²) in [6.07, 6.45) is 2.56. The molecule has 1 aliphatic rings. The molecule has 1 saturated carbocycles. The molecule has 5 nitrogen and oxygen atoms in total. The summed E-state index contributed by atoms with van der Waals surface area (Å²) < 4.78 is 5.65. The van der Waals surface area contributed by atoms with Gasteiger partial charge in [-0.05, 0) is 37.1 Å². The molecule has 0 radical (unpaired) electrons. The second-order valence-corrected chi connectivity index (χ2v) is 6.37. The van der Waals surface area contributed by atoms with Crippen molar-refractivity contribution < 1.29 is 9.21 Å². The minimum Gasteiger partial charge on any atom is -0.440 e. The lowest BCUT2D eigenvalue weighted by Crippen LogP contribution is -2.42. The highest BCUT2D eigenvalue weighted by molar-refractivity contribution is 7.13. The van der Waals surface area contributed by atoms with Crippen LogP contribution in [0.1, 0.15) is 24.3 Å². The minimum absolute atomic E-state index is 0. The molecule has 1 fully saturated rings. The fourth-order valence-corrected chi connectivity index (χ4v) is 3.02. The fraction of sp³-hybridized carbons (Fsp3) is 0.467. The number of hydrogen-bond acceptors (Lipinski definition) is 5. The molecule has 23 heavy (non-hydrogen) atoms. The largest absolute Gasteiger partial charge is 0.440 e. The van der Waals surface area contributed by atoms with Gasteiger partial charge < -0.3 is 15.5 Å². The van der Waals surface area contributed by atoms with Crippen LogP contribution in [0, 0.1) is 12.8 Å². The van der Waals surface area contributed by atoms with E-state index in [1.807, 2.05) is 24.4 Å². The van der Waals surface area contributed by atoms with Crippen LogP contribution in [0.4, 0.5) is 0 Å². The Balaban J connectivity index is 0.00000132. The van der Waals surface area contributed by atoms with Gasteiger partial charge >= 0.3 is 0 Å². The molecule has 0 saturated heterocycles. The van der Waals surface area contributed by atoms with E-state index >= 15 is 0 Å². The zero-order valence-electron chi connectivity index (χ0n) is 12.8. The van der Waals surface area contributed by atoms with E-state index in [2.05, 4.69) is 10.3 Å². The van der Waals surface area contributed by atoms with Gasteiger partial charge in [0, 0.05) is 12.6 Å². The van der Waals surface area contributed by atoms with Crippen LogP contribution in [-0.2, 0) is 11.2 Å². The number of amides is 1. The summed E-state index contributed by atoms with van der Waals surface area (Å²) in [5.74, 6) is 1.80. The van der Waals surface area contributed by atoms with Crippen LogP contribution < -0.4 is 11.1 Å². The molecule has 2 aromatic rings. The Morgan fingerprint density at radius 1 is 1.52 bits per heavy atom. The summed E-state index contributed by atoms with van der Waals surface area (Å²) in [5.41, 5.74) is 6.40. The molecule has 8 heteroatoms. The standard InChI is InChI=1S/C15H19N3O2S.2ClH/c1-9-11(18-15(20-9)13-3-2-6-21-13)7-14(19)17-12(8-16)10-4-5-10;;/h2-3,6,10,12H,4-5,7-8,16H2,1H3,(H,17,19);2*1H. The molecule has 3 N–H and O–H groups in total. The van der Waals surface area contributed by atoms with Crippen LogP contribution in [0.3, 0.4) is 0 Å². The van der Waals surface area contributed by atoms with Crippen LogP contribution in [0.15, 0.2) is 21.9 Å². The van der Waals surface area contributed by atoms with Crippen molar-refractivity contribution in [2.45, 2.75) is 32.2 Å². The highest BCUT2D eigenvalue weighted by Crippen LogP contribution is 2.32. The number of rotatable bonds is 6. The molecule has 1 atom stereocenters. The average Bonchev–Trinajstić information content (AvgIpc) is 3.03. The molecular formula is C15H21Cl2N3O2S. The monoisotopic (exact) mass is 377 g/mol. The van der Waals surface area contributed by atoms with Gasteiger partial charge in [0.05, 0.1) is 17.0 Å². The molecule has 1 amide bonds. The summed E-state index contributed by atoms with van der Waals surface area (Å²) in [6.45, 7) is 2.34. The third-order valence-electron chi connectivity index (χ3n) is 3.74. The smallest absolute Gasteiger partial charge is 0.236 e. The van der Waals surface area contributed by atoms with E-state index in [0.29, 0.717) is 29.8 Å². The van der Waals surface area contributed by atoms with Gasteiger partial charge in [0.2, 0.25) is 11.8 Å². The highest BCUT2D eigenvalue weighted by Gasteiger charge is 2.31. The number of hydrogen-bond donors (Lipinski definition) is 2. The van der Waals surface area contributed by atoms with E-state index in [-0.39, 0.29) is 43.2 Å². The summed E-state index contributed by atoms with van der Waals surface area (Å²) >= 11 is 1.57. The van der Waals surface area contributed by atoms with Crippen molar-refractivity contribution in [3.63, 3.8) is 0 Å². The van der Waals surface area contributed by atoms with E-state index in [1.165, 1.54) is 0 Å². The maximum absolute atomic E-state index is 12.1. The number of nitrogens with one attached hydrogen (secondary N) is 1. The lowest BCUT2D eigenvalue weighted by atomic mass is 10.1. The van der Waals surface area contributed by atoms with E-state index in [9.17, 15) is 4.79 Å². The van der Waals surface area contributed by atoms with Gasteiger partial charge in [-0.1, -0.05) is 6.07 Å². The van der Waals surface area contributed by atoms with Gasteiger partial charge in [-0.15, -0.1) is 36.2 Å².